The predicted molar refractivity (Wildman–Crippen MR) is 95.1 cm³/mol. The highest BCUT2D eigenvalue weighted by molar-refractivity contribution is 9.10. The highest BCUT2D eigenvalue weighted by Crippen LogP contribution is 2.28. The van der Waals surface area contributed by atoms with Gasteiger partial charge in [-0.05, 0) is 47.2 Å². The van der Waals surface area contributed by atoms with E-state index in [1.54, 1.807) is 0 Å². The average Bonchev–Trinajstić information content (AvgIpc) is 2.51. The van der Waals surface area contributed by atoms with Gasteiger partial charge in [0.2, 0.25) is 0 Å². The van der Waals surface area contributed by atoms with Crippen LogP contribution in [0.1, 0.15) is 26.5 Å². The Morgan fingerprint density at radius 2 is 1.81 bits per heavy atom. The molecule has 0 saturated carbocycles. The summed E-state index contributed by atoms with van der Waals surface area (Å²) in [7, 11) is 0. The fourth-order valence-corrected chi connectivity index (χ4v) is 3.27. The van der Waals surface area contributed by atoms with Gasteiger partial charge in [0, 0.05) is 17.0 Å². The maximum atomic E-state index is 4.67. The summed E-state index contributed by atoms with van der Waals surface area (Å²) in [6.45, 7) is 7.17. The van der Waals surface area contributed by atoms with E-state index in [-0.39, 0.29) is 0 Å². The van der Waals surface area contributed by atoms with Gasteiger partial charge in [-0.1, -0.05) is 26.0 Å². The molecule has 0 aliphatic heterocycles. The molecule has 0 unspecified atom stereocenters. The molecule has 112 valence electrons. The zero-order valence-corrected chi connectivity index (χ0v) is 15.0. The second-order valence-electron chi connectivity index (χ2n) is 4.50. The Morgan fingerprint density at radius 3 is 2.38 bits per heavy atom. The third-order valence-corrected chi connectivity index (χ3v) is 4.75. The molecule has 2 aromatic rings. The van der Waals surface area contributed by atoms with Crippen LogP contribution in [0, 0.1) is 0 Å². The van der Waals surface area contributed by atoms with Crippen molar-refractivity contribution in [3.63, 3.8) is 0 Å². The summed E-state index contributed by atoms with van der Waals surface area (Å²) >= 11 is 5.43. The summed E-state index contributed by atoms with van der Waals surface area (Å²) in [4.78, 5) is 10.6. The topological polar surface area (TPSA) is 37.8 Å². The van der Waals surface area contributed by atoms with Crippen LogP contribution in [0.5, 0.6) is 0 Å². The van der Waals surface area contributed by atoms with Gasteiger partial charge in [0.25, 0.3) is 0 Å². The second kappa shape index (κ2) is 7.80. The molecule has 21 heavy (non-hydrogen) atoms. The number of hydrogen-bond donors (Lipinski definition) is 1. The number of rotatable bonds is 6. The second-order valence-corrected chi connectivity index (χ2v) is 6.63. The molecule has 1 N–H and O–H groups in total. The maximum absolute atomic E-state index is 4.67. The molecule has 1 aromatic carbocycles. The summed E-state index contributed by atoms with van der Waals surface area (Å²) in [6.07, 6.45) is 0.873. The van der Waals surface area contributed by atoms with E-state index >= 15 is 0 Å². The largest absolute Gasteiger partial charge is 0.369 e. The molecule has 3 nitrogen and oxygen atoms in total. The zero-order chi connectivity index (χ0) is 15.2. The molecule has 0 spiro atoms. The molecule has 0 radical (unpaired) electrons. The van der Waals surface area contributed by atoms with Gasteiger partial charge in [0.15, 0.2) is 5.82 Å². The molecule has 0 amide bonds. The van der Waals surface area contributed by atoms with E-state index in [9.17, 15) is 0 Å². The Balaban J connectivity index is 2.40. The van der Waals surface area contributed by atoms with Gasteiger partial charge >= 0.3 is 0 Å². The van der Waals surface area contributed by atoms with Crippen molar-refractivity contribution >= 4 is 33.5 Å². The summed E-state index contributed by atoms with van der Waals surface area (Å²) in [6, 6.07) is 8.45. The Kier molecular flexibility index (Phi) is 6.06. The molecule has 1 heterocycles. The maximum Gasteiger partial charge on any atom is 0.161 e. The number of aromatic nitrogens is 2. The lowest BCUT2D eigenvalue weighted by molar-refractivity contribution is 0.984. The summed E-state index contributed by atoms with van der Waals surface area (Å²) in [5, 5.41) is 3.29. The van der Waals surface area contributed by atoms with Crippen molar-refractivity contribution in [2.24, 2.45) is 0 Å². The van der Waals surface area contributed by atoms with E-state index in [0.29, 0.717) is 0 Å². The first-order chi connectivity index (χ1) is 10.2. The van der Waals surface area contributed by atoms with Gasteiger partial charge in [-0.15, -0.1) is 11.8 Å². The molecule has 0 aliphatic carbocycles. The van der Waals surface area contributed by atoms with E-state index < -0.39 is 0 Å². The molecule has 0 saturated heterocycles. The van der Waals surface area contributed by atoms with E-state index in [4.69, 9.17) is 0 Å². The number of benzene rings is 1. The van der Waals surface area contributed by atoms with Crippen molar-refractivity contribution in [2.45, 2.75) is 32.1 Å². The Morgan fingerprint density at radius 1 is 1.10 bits per heavy atom. The number of thioether (sulfide) groups is 1. The fraction of sp³-hybridized carbons (Fsp3) is 0.375. The monoisotopic (exact) mass is 365 g/mol. The van der Waals surface area contributed by atoms with E-state index in [1.807, 2.05) is 11.8 Å². The molecule has 5 heteroatoms. The Hall–Kier alpha value is -1.07. The summed E-state index contributed by atoms with van der Waals surface area (Å²) in [5.41, 5.74) is 2.08. The highest BCUT2D eigenvalue weighted by Gasteiger charge is 2.12. The van der Waals surface area contributed by atoms with Crippen molar-refractivity contribution in [2.75, 3.05) is 17.6 Å². The number of nitrogens with zero attached hydrogens (tertiary/aromatic N) is 2. The van der Waals surface area contributed by atoms with Crippen LogP contribution in [0.25, 0.3) is 11.4 Å². The number of aryl methyl sites for hydroxylation is 1. The van der Waals surface area contributed by atoms with Gasteiger partial charge in [-0.3, -0.25) is 0 Å². The Labute approximate surface area is 139 Å². The zero-order valence-electron chi connectivity index (χ0n) is 12.6. The van der Waals surface area contributed by atoms with Gasteiger partial charge < -0.3 is 5.32 Å². The minimum Gasteiger partial charge on any atom is -0.369 e. The lowest BCUT2D eigenvalue weighted by Crippen LogP contribution is -2.05. The van der Waals surface area contributed by atoms with Crippen LogP contribution in [0.15, 0.2) is 33.6 Å². The first-order valence-electron chi connectivity index (χ1n) is 7.23. The molecule has 0 aliphatic rings. The quantitative estimate of drug-likeness (QED) is 0.729. The smallest absolute Gasteiger partial charge is 0.161 e. The van der Waals surface area contributed by atoms with Crippen LogP contribution >= 0.6 is 27.7 Å². The molecule has 2 rings (SSSR count). The van der Waals surface area contributed by atoms with Crippen LogP contribution in [-0.2, 0) is 6.42 Å². The lowest BCUT2D eigenvalue weighted by atomic mass is 10.2. The van der Waals surface area contributed by atoms with Gasteiger partial charge in [-0.2, -0.15) is 0 Å². The number of anilines is 1. The fourth-order valence-electron chi connectivity index (χ4n) is 2.01. The molecular weight excluding hydrogens is 346 g/mol. The van der Waals surface area contributed by atoms with Gasteiger partial charge in [0.05, 0.1) is 10.2 Å². The van der Waals surface area contributed by atoms with Crippen molar-refractivity contribution in [1.29, 1.82) is 0 Å². The third-order valence-electron chi connectivity index (χ3n) is 3.02. The minimum absolute atomic E-state index is 0.777. The molecule has 0 bridgehead atoms. The molecule has 1 aromatic heterocycles. The third kappa shape index (κ3) is 3.98. The van der Waals surface area contributed by atoms with Crippen molar-refractivity contribution < 1.29 is 0 Å². The molecular formula is C16H20BrN3S. The highest BCUT2D eigenvalue weighted by atomic mass is 79.9. The Bertz CT molecular complexity index is 599. The van der Waals surface area contributed by atoms with E-state index in [0.717, 1.165) is 46.1 Å². The lowest BCUT2D eigenvalue weighted by Gasteiger charge is -2.11. The predicted octanol–water partition coefficient (Wildman–Crippen LogP) is 5.01. The van der Waals surface area contributed by atoms with Gasteiger partial charge in [0.1, 0.15) is 5.82 Å². The standard InChI is InChI=1S/C16H20BrN3S/c1-4-13-14(17)16(18-5-2)20-15(19-13)11-7-9-12(10-8-11)21-6-3/h7-10H,4-6H2,1-3H3,(H,18,19,20). The number of halogens is 1. The SMILES string of the molecule is CCNc1nc(-c2ccc(SCC)cc2)nc(CC)c1Br. The van der Waals surface area contributed by atoms with Crippen LogP contribution in [0.4, 0.5) is 5.82 Å². The van der Waals surface area contributed by atoms with Crippen LogP contribution in [0.3, 0.4) is 0 Å². The van der Waals surface area contributed by atoms with Crippen molar-refractivity contribution in [3.8, 4) is 11.4 Å². The summed E-state index contributed by atoms with van der Waals surface area (Å²) in [5.74, 6) is 2.73. The van der Waals surface area contributed by atoms with Crippen LogP contribution < -0.4 is 5.32 Å². The van der Waals surface area contributed by atoms with Crippen LogP contribution in [0.2, 0.25) is 0 Å². The number of nitrogens with one attached hydrogen (secondary N) is 1. The normalized spacial score (nSPS) is 10.7. The van der Waals surface area contributed by atoms with Crippen molar-refractivity contribution in [3.05, 3.63) is 34.4 Å². The van der Waals surface area contributed by atoms with Gasteiger partial charge in [-0.25, -0.2) is 9.97 Å². The van der Waals surface area contributed by atoms with Crippen molar-refractivity contribution in [1.82, 2.24) is 9.97 Å². The molecule has 0 atom stereocenters. The summed E-state index contributed by atoms with van der Waals surface area (Å²) < 4.78 is 0.966. The van der Waals surface area contributed by atoms with E-state index in [2.05, 4.69) is 76.3 Å². The first-order valence-corrected chi connectivity index (χ1v) is 9.00. The first kappa shape index (κ1) is 16.3. The van der Waals surface area contributed by atoms with Crippen LogP contribution in [-0.4, -0.2) is 22.3 Å². The minimum atomic E-state index is 0.777. The average molecular weight is 366 g/mol. The number of hydrogen-bond acceptors (Lipinski definition) is 4. The molecule has 0 fully saturated rings. The van der Waals surface area contributed by atoms with E-state index in [1.165, 1.54) is 4.90 Å².